The number of amides is 2. The van der Waals surface area contributed by atoms with Crippen LogP contribution in [-0.4, -0.2) is 34.3 Å². The smallest absolute Gasteiger partial charge is 0.225 e. The lowest BCUT2D eigenvalue weighted by molar-refractivity contribution is -0.129. The fourth-order valence-corrected chi connectivity index (χ4v) is 3.22. The summed E-state index contributed by atoms with van der Waals surface area (Å²) in [5, 5.41) is 2.93. The number of rotatable bonds is 6. The van der Waals surface area contributed by atoms with Gasteiger partial charge in [-0.2, -0.15) is 0 Å². The van der Waals surface area contributed by atoms with Gasteiger partial charge in [-0.25, -0.2) is 4.98 Å². The number of pyridine rings is 1. The lowest BCUT2D eigenvalue weighted by Crippen LogP contribution is -2.33. The Hall–Kier alpha value is -2.89. The van der Waals surface area contributed by atoms with Gasteiger partial charge in [0.2, 0.25) is 17.7 Å². The molecule has 1 aromatic carbocycles. The summed E-state index contributed by atoms with van der Waals surface area (Å²) in [4.78, 5) is 30.6. The number of hydrogen-bond acceptors (Lipinski definition) is 4. The second-order valence-corrected chi connectivity index (χ2v) is 6.78. The molecule has 6 nitrogen and oxygen atoms in total. The number of hydrogen-bond donors (Lipinski definition) is 1. The van der Waals surface area contributed by atoms with Crippen molar-refractivity contribution in [1.29, 1.82) is 0 Å². The minimum absolute atomic E-state index is 0.0870. The normalized spacial score (nSPS) is 19.5. The van der Waals surface area contributed by atoms with Crippen LogP contribution in [0.1, 0.15) is 24.8 Å². The van der Waals surface area contributed by atoms with E-state index in [1.165, 1.54) is 0 Å². The molecular formula is C20H21N3O3. The van der Waals surface area contributed by atoms with Crippen molar-refractivity contribution in [1.82, 2.24) is 15.2 Å². The molecule has 0 spiro atoms. The van der Waals surface area contributed by atoms with Crippen LogP contribution in [0.4, 0.5) is 0 Å². The van der Waals surface area contributed by atoms with Gasteiger partial charge in [-0.15, -0.1) is 0 Å². The van der Waals surface area contributed by atoms with Crippen LogP contribution in [0.5, 0.6) is 11.6 Å². The van der Waals surface area contributed by atoms with Crippen LogP contribution in [0, 0.1) is 5.92 Å². The Morgan fingerprint density at radius 3 is 2.77 bits per heavy atom. The van der Waals surface area contributed by atoms with E-state index in [4.69, 9.17) is 4.74 Å². The summed E-state index contributed by atoms with van der Waals surface area (Å²) >= 11 is 0. The van der Waals surface area contributed by atoms with Crippen molar-refractivity contribution in [3.8, 4) is 11.6 Å². The lowest BCUT2D eigenvalue weighted by Gasteiger charge is -2.15. The Bertz CT molecular complexity index is 805. The minimum Gasteiger partial charge on any atom is -0.439 e. The summed E-state index contributed by atoms with van der Waals surface area (Å²) in [7, 11) is 0. The molecule has 26 heavy (non-hydrogen) atoms. The maximum absolute atomic E-state index is 12.5. The average Bonchev–Trinajstić information content (AvgIpc) is 3.43. The van der Waals surface area contributed by atoms with Gasteiger partial charge in [-0.3, -0.25) is 9.59 Å². The number of ether oxygens (including phenoxy) is 1. The van der Waals surface area contributed by atoms with Crippen molar-refractivity contribution in [3.63, 3.8) is 0 Å². The van der Waals surface area contributed by atoms with Gasteiger partial charge in [0.05, 0.1) is 5.92 Å². The Morgan fingerprint density at radius 2 is 2.00 bits per heavy atom. The molecule has 0 radical (unpaired) electrons. The van der Waals surface area contributed by atoms with E-state index in [1.807, 2.05) is 47.4 Å². The monoisotopic (exact) mass is 351 g/mol. The number of likely N-dealkylation sites (tertiary alicyclic amines) is 1. The van der Waals surface area contributed by atoms with Crippen molar-refractivity contribution in [3.05, 3.63) is 54.2 Å². The molecule has 1 atom stereocenters. The summed E-state index contributed by atoms with van der Waals surface area (Å²) in [6.45, 7) is 0.860. The van der Waals surface area contributed by atoms with Crippen molar-refractivity contribution < 1.29 is 14.3 Å². The van der Waals surface area contributed by atoms with Gasteiger partial charge in [0.1, 0.15) is 5.75 Å². The second-order valence-electron chi connectivity index (χ2n) is 6.78. The number of nitrogens with one attached hydrogen (secondary N) is 1. The molecule has 1 aliphatic heterocycles. The first kappa shape index (κ1) is 16.6. The van der Waals surface area contributed by atoms with Crippen molar-refractivity contribution in [2.45, 2.75) is 31.8 Å². The molecule has 1 unspecified atom stereocenters. The van der Waals surface area contributed by atoms with E-state index in [2.05, 4.69) is 10.3 Å². The molecule has 2 fully saturated rings. The first-order chi connectivity index (χ1) is 12.7. The van der Waals surface area contributed by atoms with Crippen LogP contribution in [0.15, 0.2) is 48.7 Å². The standard InChI is InChI=1S/C20H21N3O3/c24-18-11-15(13-23(18)16-8-9-16)19(25)22-12-14-5-4-10-21-20(14)26-17-6-2-1-3-7-17/h1-7,10,15-16H,8-9,11-13H2,(H,22,25). The van der Waals surface area contributed by atoms with Gasteiger partial charge < -0.3 is 15.0 Å². The molecule has 0 bridgehead atoms. The quantitative estimate of drug-likeness (QED) is 0.868. The molecule has 1 aromatic heterocycles. The number of benzene rings is 1. The lowest BCUT2D eigenvalue weighted by atomic mass is 10.1. The first-order valence-electron chi connectivity index (χ1n) is 8.94. The third-order valence-electron chi connectivity index (χ3n) is 4.78. The maximum Gasteiger partial charge on any atom is 0.225 e. The van der Waals surface area contributed by atoms with E-state index in [9.17, 15) is 9.59 Å². The number of nitrogens with zero attached hydrogens (tertiary/aromatic N) is 2. The SMILES string of the molecule is O=C(NCc1cccnc1Oc1ccccc1)C1CC(=O)N(C2CC2)C1. The van der Waals surface area contributed by atoms with E-state index in [-0.39, 0.29) is 17.7 Å². The highest BCUT2D eigenvalue weighted by molar-refractivity contribution is 5.89. The van der Waals surface area contributed by atoms with Crippen LogP contribution in [-0.2, 0) is 16.1 Å². The van der Waals surface area contributed by atoms with Gasteiger partial charge in [0.25, 0.3) is 0 Å². The van der Waals surface area contributed by atoms with Gasteiger partial charge in [0, 0.05) is 37.3 Å². The highest BCUT2D eigenvalue weighted by atomic mass is 16.5. The molecule has 1 saturated carbocycles. The number of carbonyl (C=O) groups excluding carboxylic acids is 2. The van der Waals surface area contributed by atoms with Crippen LogP contribution in [0.3, 0.4) is 0 Å². The molecule has 2 heterocycles. The molecule has 134 valence electrons. The minimum atomic E-state index is -0.265. The summed E-state index contributed by atoms with van der Waals surface area (Å²) in [6.07, 6.45) is 4.10. The first-order valence-corrected chi connectivity index (χ1v) is 8.94. The highest BCUT2D eigenvalue weighted by Gasteiger charge is 2.41. The fourth-order valence-electron chi connectivity index (χ4n) is 3.22. The Labute approximate surface area is 152 Å². The van der Waals surface area contributed by atoms with E-state index in [1.54, 1.807) is 6.20 Å². The van der Waals surface area contributed by atoms with E-state index in [0.29, 0.717) is 37.2 Å². The third-order valence-corrected chi connectivity index (χ3v) is 4.78. The zero-order valence-corrected chi connectivity index (χ0v) is 14.4. The molecule has 1 saturated heterocycles. The summed E-state index contributed by atoms with van der Waals surface area (Å²) in [5.74, 6) is 0.915. The molecule has 2 amide bonds. The second kappa shape index (κ2) is 7.15. The Morgan fingerprint density at radius 1 is 1.19 bits per heavy atom. The van der Waals surface area contributed by atoms with Gasteiger partial charge in [-0.05, 0) is 31.0 Å². The van der Waals surface area contributed by atoms with Crippen molar-refractivity contribution in [2.75, 3.05) is 6.54 Å². The van der Waals surface area contributed by atoms with Crippen LogP contribution in [0.25, 0.3) is 0 Å². The Balaban J connectivity index is 1.37. The predicted octanol–water partition coefficient (Wildman–Crippen LogP) is 2.50. The topological polar surface area (TPSA) is 71.5 Å². The zero-order valence-electron chi connectivity index (χ0n) is 14.4. The van der Waals surface area contributed by atoms with Gasteiger partial charge >= 0.3 is 0 Å². The molecule has 1 aliphatic carbocycles. The average molecular weight is 351 g/mol. The van der Waals surface area contributed by atoms with E-state index < -0.39 is 0 Å². The van der Waals surface area contributed by atoms with Gasteiger partial charge in [-0.1, -0.05) is 24.3 Å². The maximum atomic E-state index is 12.5. The molecular weight excluding hydrogens is 330 g/mol. The van der Waals surface area contributed by atoms with Crippen LogP contribution in [0.2, 0.25) is 0 Å². The van der Waals surface area contributed by atoms with E-state index >= 15 is 0 Å². The third kappa shape index (κ3) is 3.69. The van der Waals surface area contributed by atoms with Gasteiger partial charge in [0.15, 0.2) is 0 Å². The number of aromatic nitrogens is 1. The fraction of sp³-hybridized carbons (Fsp3) is 0.350. The van der Waals surface area contributed by atoms with Crippen LogP contribution >= 0.6 is 0 Å². The van der Waals surface area contributed by atoms with Crippen LogP contribution < -0.4 is 10.1 Å². The summed E-state index contributed by atoms with van der Waals surface area (Å²) in [6, 6.07) is 13.5. The summed E-state index contributed by atoms with van der Waals surface area (Å²) < 4.78 is 5.82. The molecule has 1 N–H and O–H groups in total. The molecule has 2 aromatic rings. The molecule has 6 heteroatoms. The summed E-state index contributed by atoms with van der Waals surface area (Å²) in [5.41, 5.74) is 0.799. The highest BCUT2D eigenvalue weighted by Crippen LogP contribution is 2.32. The van der Waals surface area contributed by atoms with E-state index in [0.717, 1.165) is 18.4 Å². The zero-order chi connectivity index (χ0) is 17.9. The molecule has 2 aliphatic rings. The largest absolute Gasteiger partial charge is 0.439 e. The predicted molar refractivity (Wildman–Crippen MR) is 95.4 cm³/mol. The van der Waals surface area contributed by atoms with Crippen molar-refractivity contribution >= 4 is 11.8 Å². The Kier molecular flexibility index (Phi) is 4.56. The molecule has 4 rings (SSSR count). The van der Waals surface area contributed by atoms with Crippen molar-refractivity contribution in [2.24, 2.45) is 5.92 Å². The number of para-hydroxylation sites is 1. The number of carbonyl (C=O) groups is 2.